The molecular formula is C11H17N5O2. The van der Waals surface area contributed by atoms with Crippen LogP contribution in [0.15, 0.2) is 12.7 Å². The Balaban J connectivity index is 1.83. The summed E-state index contributed by atoms with van der Waals surface area (Å²) >= 11 is 0. The fourth-order valence-corrected chi connectivity index (χ4v) is 2.15. The fraction of sp³-hybridized carbons (Fsp3) is 0.636. The van der Waals surface area contributed by atoms with Gasteiger partial charge in [-0.15, -0.1) is 0 Å². The first-order valence-corrected chi connectivity index (χ1v) is 6.06. The Bertz CT molecular complexity index is 417. The van der Waals surface area contributed by atoms with Crippen molar-refractivity contribution < 1.29 is 9.59 Å². The Morgan fingerprint density at radius 3 is 2.94 bits per heavy atom. The first-order valence-electron chi connectivity index (χ1n) is 6.06. The Morgan fingerprint density at radius 2 is 2.28 bits per heavy atom. The molecule has 7 nitrogen and oxygen atoms in total. The van der Waals surface area contributed by atoms with Crippen LogP contribution in [-0.2, 0) is 16.1 Å². The van der Waals surface area contributed by atoms with Gasteiger partial charge < -0.3 is 10.6 Å². The monoisotopic (exact) mass is 251 g/mol. The summed E-state index contributed by atoms with van der Waals surface area (Å²) in [5.74, 6) is -0.478. The molecule has 1 aromatic rings. The molecule has 1 fully saturated rings. The van der Waals surface area contributed by atoms with Gasteiger partial charge in [0, 0.05) is 19.5 Å². The minimum atomic E-state index is -0.316. The average molecular weight is 251 g/mol. The van der Waals surface area contributed by atoms with Crippen LogP contribution in [0.4, 0.5) is 0 Å². The molecule has 0 bridgehead atoms. The number of amides is 2. The average Bonchev–Trinajstić information content (AvgIpc) is 2.89. The number of hydrogen-bond donors (Lipinski definition) is 1. The number of piperidine rings is 1. The molecule has 0 aromatic carbocycles. The van der Waals surface area contributed by atoms with E-state index in [1.165, 1.54) is 6.33 Å². The second-order valence-corrected chi connectivity index (χ2v) is 4.49. The minimum absolute atomic E-state index is 0.0384. The predicted octanol–water partition coefficient (Wildman–Crippen LogP) is -0.608. The van der Waals surface area contributed by atoms with Gasteiger partial charge in [-0.25, -0.2) is 4.98 Å². The summed E-state index contributed by atoms with van der Waals surface area (Å²) in [4.78, 5) is 28.6. The third kappa shape index (κ3) is 3.06. The molecule has 7 heteroatoms. The summed E-state index contributed by atoms with van der Waals surface area (Å²) in [6, 6.07) is 0. The van der Waals surface area contributed by atoms with Crippen molar-refractivity contribution in [3.05, 3.63) is 12.7 Å². The number of nitrogens with two attached hydrogens (primary N) is 1. The van der Waals surface area contributed by atoms with E-state index in [2.05, 4.69) is 10.1 Å². The minimum Gasteiger partial charge on any atom is -0.369 e. The Morgan fingerprint density at radius 1 is 1.44 bits per heavy atom. The van der Waals surface area contributed by atoms with Gasteiger partial charge in [-0.05, 0) is 12.8 Å². The van der Waals surface area contributed by atoms with Crippen LogP contribution in [0.25, 0.3) is 0 Å². The SMILES string of the molecule is NC(=O)[C@H]1CCCN(C(=O)CCn2cncn2)C1. The lowest BCUT2D eigenvalue weighted by Crippen LogP contribution is -2.44. The molecule has 1 aliphatic rings. The number of nitrogens with zero attached hydrogens (tertiary/aromatic N) is 4. The van der Waals surface area contributed by atoms with E-state index in [-0.39, 0.29) is 17.7 Å². The van der Waals surface area contributed by atoms with Gasteiger partial charge in [0.2, 0.25) is 11.8 Å². The zero-order valence-electron chi connectivity index (χ0n) is 10.2. The lowest BCUT2D eigenvalue weighted by Gasteiger charge is -2.31. The molecule has 18 heavy (non-hydrogen) atoms. The molecule has 2 heterocycles. The van der Waals surface area contributed by atoms with E-state index >= 15 is 0 Å². The van der Waals surface area contributed by atoms with Gasteiger partial charge in [0.15, 0.2) is 0 Å². The molecule has 0 aliphatic carbocycles. The smallest absolute Gasteiger partial charge is 0.224 e. The standard InChI is InChI=1S/C11H17N5O2/c12-11(18)9-2-1-4-15(6-9)10(17)3-5-16-8-13-7-14-16/h7-9H,1-6H2,(H2,12,18)/t9-/m0/s1. The van der Waals surface area contributed by atoms with Crippen molar-refractivity contribution in [3.8, 4) is 0 Å². The van der Waals surface area contributed by atoms with E-state index in [9.17, 15) is 9.59 Å². The topological polar surface area (TPSA) is 94.1 Å². The van der Waals surface area contributed by atoms with Crippen molar-refractivity contribution >= 4 is 11.8 Å². The zero-order chi connectivity index (χ0) is 13.0. The number of aryl methyl sites for hydroxylation is 1. The van der Waals surface area contributed by atoms with E-state index in [1.54, 1.807) is 15.9 Å². The molecular weight excluding hydrogens is 234 g/mol. The molecule has 0 saturated carbocycles. The molecule has 1 aliphatic heterocycles. The number of primary amides is 1. The van der Waals surface area contributed by atoms with Crippen LogP contribution in [0.2, 0.25) is 0 Å². The first kappa shape index (κ1) is 12.5. The van der Waals surface area contributed by atoms with E-state index in [0.717, 1.165) is 12.8 Å². The molecule has 1 aromatic heterocycles. The predicted molar refractivity (Wildman–Crippen MR) is 63.1 cm³/mol. The maximum Gasteiger partial charge on any atom is 0.224 e. The molecule has 1 atom stereocenters. The fourth-order valence-electron chi connectivity index (χ4n) is 2.15. The van der Waals surface area contributed by atoms with Crippen LogP contribution in [-0.4, -0.2) is 44.6 Å². The Kier molecular flexibility index (Phi) is 3.91. The molecule has 2 N–H and O–H groups in total. The van der Waals surface area contributed by atoms with E-state index < -0.39 is 0 Å². The Hall–Kier alpha value is -1.92. The highest BCUT2D eigenvalue weighted by atomic mass is 16.2. The molecule has 0 radical (unpaired) electrons. The summed E-state index contributed by atoms with van der Waals surface area (Å²) in [6.45, 7) is 1.67. The van der Waals surface area contributed by atoms with Gasteiger partial charge in [0.1, 0.15) is 12.7 Å². The lowest BCUT2D eigenvalue weighted by molar-refractivity contribution is -0.135. The number of likely N-dealkylation sites (tertiary alicyclic amines) is 1. The van der Waals surface area contributed by atoms with Crippen LogP contribution < -0.4 is 5.73 Å². The highest BCUT2D eigenvalue weighted by Gasteiger charge is 2.26. The van der Waals surface area contributed by atoms with Gasteiger partial charge in [0.25, 0.3) is 0 Å². The highest BCUT2D eigenvalue weighted by molar-refractivity contribution is 5.80. The summed E-state index contributed by atoms with van der Waals surface area (Å²) < 4.78 is 1.62. The highest BCUT2D eigenvalue weighted by Crippen LogP contribution is 2.16. The molecule has 2 amide bonds. The molecule has 2 rings (SSSR count). The van der Waals surface area contributed by atoms with Gasteiger partial charge in [0.05, 0.1) is 12.5 Å². The summed E-state index contributed by atoms with van der Waals surface area (Å²) in [6.07, 6.45) is 5.00. The molecule has 98 valence electrons. The Labute approximate surface area is 105 Å². The lowest BCUT2D eigenvalue weighted by atomic mass is 9.97. The number of rotatable bonds is 4. The maximum atomic E-state index is 12.0. The summed E-state index contributed by atoms with van der Waals surface area (Å²) in [5.41, 5.74) is 5.28. The maximum absolute atomic E-state index is 12.0. The van der Waals surface area contributed by atoms with Crippen LogP contribution in [0.5, 0.6) is 0 Å². The van der Waals surface area contributed by atoms with E-state index in [0.29, 0.717) is 26.1 Å². The quantitative estimate of drug-likeness (QED) is 0.772. The summed E-state index contributed by atoms with van der Waals surface area (Å²) in [7, 11) is 0. The van der Waals surface area contributed by atoms with Crippen LogP contribution in [0.3, 0.4) is 0 Å². The van der Waals surface area contributed by atoms with Crippen molar-refractivity contribution in [1.82, 2.24) is 19.7 Å². The second kappa shape index (κ2) is 5.61. The van der Waals surface area contributed by atoms with Crippen molar-refractivity contribution in [2.75, 3.05) is 13.1 Å². The normalized spacial score (nSPS) is 19.8. The van der Waals surface area contributed by atoms with Gasteiger partial charge in [-0.2, -0.15) is 5.10 Å². The molecule has 0 spiro atoms. The van der Waals surface area contributed by atoms with Gasteiger partial charge >= 0.3 is 0 Å². The van der Waals surface area contributed by atoms with Crippen molar-refractivity contribution in [2.24, 2.45) is 11.7 Å². The third-order valence-corrected chi connectivity index (χ3v) is 3.20. The number of carbonyl (C=O) groups excluding carboxylic acids is 2. The van der Waals surface area contributed by atoms with Crippen LogP contribution >= 0.6 is 0 Å². The second-order valence-electron chi connectivity index (χ2n) is 4.49. The van der Waals surface area contributed by atoms with Crippen LogP contribution in [0.1, 0.15) is 19.3 Å². The van der Waals surface area contributed by atoms with Gasteiger partial charge in [-0.1, -0.05) is 0 Å². The van der Waals surface area contributed by atoms with Crippen LogP contribution in [0, 0.1) is 5.92 Å². The van der Waals surface area contributed by atoms with Gasteiger partial charge in [-0.3, -0.25) is 14.3 Å². The van der Waals surface area contributed by atoms with E-state index in [1.807, 2.05) is 0 Å². The summed E-state index contributed by atoms with van der Waals surface area (Å²) in [5, 5.41) is 3.94. The van der Waals surface area contributed by atoms with Crippen molar-refractivity contribution in [1.29, 1.82) is 0 Å². The first-order chi connectivity index (χ1) is 8.66. The van der Waals surface area contributed by atoms with Crippen molar-refractivity contribution in [2.45, 2.75) is 25.8 Å². The van der Waals surface area contributed by atoms with Crippen molar-refractivity contribution in [3.63, 3.8) is 0 Å². The number of aromatic nitrogens is 3. The largest absolute Gasteiger partial charge is 0.369 e. The third-order valence-electron chi connectivity index (χ3n) is 3.20. The molecule has 1 saturated heterocycles. The van der Waals surface area contributed by atoms with E-state index in [4.69, 9.17) is 5.73 Å². The molecule has 0 unspecified atom stereocenters. The number of carbonyl (C=O) groups is 2. The number of hydrogen-bond acceptors (Lipinski definition) is 4. The zero-order valence-corrected chi connectivity index (χ0v) is 10.2.